The van der Waals surface area contributed by atoms with Crippen molar-refractivity contribution in [2.75, 3.05) is 7.11 Å². The minimum absolute atomic E-state index is 0.116. The maximum absolute atomic E-state index is 14.9. The van der Waals surface area contributed by atoms with E-state index < -0.39 is 38.9 Å². The van der Waals surface area contributed by atoms with Crippen molar-refractivity contribution in [1.82, 2.24) is 0 Å². The van der Waals surface area contributed by atoms with Crippen LogP contribution in [0.2, 0.25) is 0 Å². The van der Waals surface area contributed by atoms with Crippen LogP contribution in [0.1, 0.15) is 86.8 Å². The molecule has 10 heteroatoms. The van der Waals surface area contributed by atoms with Gasteiger partial charge in [0.25, 0.3) is 0 Å². The van der Waals surface area contributed by atoms with Gasteiger partial charge in [0, 0.05) is 61.5 Å². The summed E-state index contributed by atoms with van der Waals surface area (Å²) < 4.78 is 64.8. The second-order valence-corrected chi connectivity index (χ2v) is 23.2. The van der Waals surface area contributed by atoms with Crippen molar-refractivity contribution in [2.24, 2.45) is 0 Å². The molecule has 0 saturated carbocycles. The molecule has 2 aliphatic heterocycles. The van der Waals surface area contributed by atoms with Gasteiger partial charge in [0.1, 0.15) is 23.0 Å². The Morgan fingerprint density at radius 2 is 1.39 bits per heavy atom. The van der Waals surface area contributed by atoms with E-state index in [1.807, 2.05) is 26.0 Å². The molecule has 0 radical (unpaired) electrons. The van der Waals surface area contributed by atoms with Crippen LogP contribution >= 0.6 is 36.5 Å². The molecule has 0 fully saturated rings. The second-order valence-electron chi connectivity index (χ2n) is 17.0. The number of alkyl halides is 3. The topological polar surface area (TPSA) is 27.7 Å². The minimum atomic E-state index is -4.59. The zero-order valence-electron chi connectivity index (χ0n) is 38.1. The predicted octanol–water partition coefficient (Wildman–Crippen LogP) is 15.4. The van der Waals surface area contributed by atoms with E-state index in [1.165, 1.54) is 23.8 Å². The summed E-state index contributed by atoms with van der Waals surface area (Å²) in [6.45, 7) is 19.0. The fourth-order valence-corrected chi connectivity index (χ4v) is 15.7. The molecule has 2 heterocycles. The lowest BCUT2D eigenvalue weighted by molar-refractivity contribution is -0.138. The van der Waals surface area contributed by atoms with Crippen molar-refractivity contribution in [1.29, 1.82) is 0 Å². The first-order valence-electron chi connectivity index (χ1n) is 22.1. The zero-order chi connectivity index (χ0) is 46.8. The largest absolute Gasteiger partial charge is 0.455 e. The highest BCUT2D eigenvalue weighted by Crippen LogP contribution is 2.59. The van der Waals surface area contributed by atoms with Crippen LogP contribution < -0.4 is 36.0 Å². The van der Waals surface area contributed by atoms with Crippen molar-refractivity contribution >= 4 is 63.0 Å². The molecule has 3 atom stereocenters. The number of halogens is 3. The van der Waals surface area contributed by atoms with Crippen molar-refractivity contribution in [3.8, 4) is 23.0 Å². The van der Waals surface area contributed by atoms with Gasteiger partial charge in [0.05, 0.1) is 17.6 Å². The van der Waals surface area contributed by atoms with E-state index in [0.717, 1.165) is 97.9 Å². The van der Waals surface area contributed by atoms with E-state index >= 15 is 0 Å². The molecule has 0 saturated heterocycles. The van der Waals surface area contributed by atoms with Crippen molar-refractivity contribution in [2.45, 2.75) is 76.3 Å². The molecular formula is C56H54F3O3P3S. The molecule has 0 amide bonds. The lowest BCUT2D eigenvalue weighted by atomic mass is 9.76. The summed E-state index contributed by atoms with van der Waals surface area (Å²) >= 11 is 1.00. The zero-order valence-corrected chi connectivity index (χ0v) is 41.7. The van der Waals surface area contributed by atoms with Crippen LogP contribution in [0.15, 0.2) is 174 Å². The molecule has 0 aliphatic carbocycles. The lowest BCUT2D eigenvalue weighted by Gasteiger charge is -2.39. The van der Waals surface area contributed by atoms with Crippen molar-refractivity contribution in [3.63, 3.8) is 0 Å². The Balaban J connectivity index is 1.41. The number of aryl methyl sites for hydroxylation is 1. The molecule has 66 heavy (non-hydrogen) atoms. The number of benzene rings is 6. The van der Waals surface area contributed by atoms with Crippen LogP contribution in [-0.4, -0.2) is 7.11 Å². The van der Waals surface area contributed by atoms with Gasteiger partial charge in [-0.3, -0.25) is 0 Å². The van der Waals surface area contributed by atoms with E-state index in [9.17, 15) is 13.2 Å². The molecule has 2 aliphatic rings. The molecule has 6 aromatic carbocycles. The number of allylic oxidation sites excluding steroid dienone is 4. The van der Waals surface area contributed by atoms with Gasteiger partial charge < -0.3 is 13.7 Å². The van der Waals surface area contributed by atoms with Gasteiger partial charge in [-0.15, -0.1) is 0 Å². The Morgan fingerprint density at radius 3 is 1.98 bits per heavy atom. The van der Waals surface area contributed by atoms with Crippen LogP contribution in [0.5, 0.6) is 23.0 Å². The Kier molecular flexibility index (Phi) is 14.6. The lowest BCUT2D eigenvalue weighted by Crippen LogP contribution is -2.32. The molecule has 0 bridgehead atoms. The third-order valence-corrected chi connectivity index (χ3v) is 19.3. The van der Waals surface area contributed by atoms with Crippen LogP contribution in [0.25, 0.3) is 0 Å². The predicted molar refractivity (Wildman–Crippen MR) is 277 cm³/mol. The fraction of sp³-hybridized carbons (Fsp3) is 0.214. The summed E-state index contributed by atoms with van der Waals surface area (Å²) in [6, 6.07) is 41.2. The first-order valence-corrected chi connectivity index (χ1v) is 26.7. The molecule has 8 rings (SSSR count). The van der Waals surface area contributed by atoms with Gasteiger partial charge in [-0.2, -0.15) is 13.2 Å². The number of para-hydroxylation sites is 2. The number of fused-ring (bicyclic) bond motifs is 4. The van der Waals surface area contributed by atoms with Crippen molar-refractivity contribution < 1.29 is 26.8 Å². The van der Waals surface area contributed by atoms with Gasteiger partial charge in [-0.25, -0.2) is 0 Å². The second kappa shape index (κ2) is 20.2. The third-order valence-electron chi connectivity index (χ3n) is 12.3. The highest BCUT2D eigenvalue weighted by Gasteiger charge is 2.43. The Labute approximate surface area is 396 Å². The molecule has 0 aromatic heterocycles. The average Bonchev–Trinajstić information content (AvgIpc) is 3.31. The molecule has 3 nitrogen and oxygen atoms in total. The normalized spacial score (nSPS) is 15.9. The maximum Gasteiger partial charge on any atom is 0.416 e. The smallest absolute Gasteiger partial charge is 0.416 e. The van der Waals surface area contributed by atoms with Gasteiger partial charge in [-0.1, -0.05) is 188 Å². The standard InChI is InChI=1S/C56H54F3O3P3S/c1-9-12-21-38-32-42-37(5)50-43(56(57,58)59)30-31-49(66-60-8)54(50)61-51(42)48(33-38)65(39(11-3)35-63-34-36(4)10-2)47-29-20-27-45-53(47)62-52-44(55(45,6)7)26-19-28-46(52)64(40-22-15-13-16-23-40)41-24-17-14-18-25-41/h10-11,13-20,22-35,37,63H,2-3,9,12,21H2,1,4-8H3/b36-34+,39-35-. The van der Waals surface area contributed by atoms with Crippen LogP contribution in [0, 0.1) is 0 Å². The molecule has 6 aromatic rings. The number of unbranched alkanes of at least 4 members (excludes halogenated alkanes) is 1. The summed E-state index contributed by atoms with van der Waals surface area (Å²) in [5.41, 5.74) is 3.95. The summed E-state index contributed by atoms with van der Waals surface area (Å²) in [5, 5.41) is 6.44. The Hall–Kier alpha value is -4.73. The van der Waals surface area contributed by atoms with E-state index in [0.29, 0.717) is 19.2 Å². The van der Waals surface area contributed by atoms with Crippen LogP contribution in [-0.2, 0) is 22.2 Å². The Bertz CT molecular complexity index is 2800. The average molecular weight is 957 g/mol. The molecule has 0 N–H and O–H groups in total. The molecule has 338 valence electrons. The third kappa shape index (κ3) is 9.28. The van der Waals surface area contributed by atoms with E-state index in [4.69, 9.17) is 13.7 Å². The summed E-state index contributed by atoms with van der Waals surface area (Å²) in [4.78, 5) is 0.481. The first kappa shape index (κ1) is 47.8. The SMILES string of the molecule is C=C/C(=C/P/C=C(\C)C=C)P(c1cc(CCCC)cc2c1Oc1c(SOC)ccc(C(F)(F)F)c1C2C)c1cccc2c1Oc1c(P(c3ccccc3)c3ccccc3)cccc1C2(C)C. The Morgan fingerprint density at radius 1 is 0.773 bits per heavy atom. The fourth-order valence-electron chi connectivity index (χ4n) is 8.96. The molecule has 0 spiro atoms. The number of ether oxygens (including phenoxy) is 2. The van der Waals surface area contributed by atoms with E-state index in [2.05, 4.69) is 155 Å². The highest BCUT2D eigenvalue weighted by molar-refractivity contribution is 7.94. The van der Waals surface area contributed by atoms with Gasteiger partial charge in [0.15, 0.2) is 0 Å². The van der Waals surface area contributed by atoms with Crippen LogP contribution in [0.4, 0.5) is 13.2 Å². The highest BCUT2D eigenvalue weighted by atomic mass is 32.2. The van der Waals surface area contributed by atoms with E-state index in [1.54, 1.807) is 0 Å². The quantitative estimate of drug-likeness (QED) is 0.0582. The van der Waals surface area contributed by atoms with Crippen LogP contribution in [0.3, 0.4) is 0 Å². The number of rotatable bonds is 15. The van der Waals surface area contributed by atoms with Gasteiger partial charge in [0.2, 0.25) is 0 Å². The first-order chi connectivity index (χ1) is 31.8. The summed E-state index contributed by atoms with van der Waals surface area (Å²) in [7, 11) is -0.731. The van der Waals surface area contributed by atoms with Gasteiger partial charge >= 0.3 is 6.18 Å². The summed E-state index contributed by atoms with van der Waals surface area (Å²) in [6.07, 6.45) is 1.84. The van der Waals surface area contributed by atoms with Gasteiger partial charge in [-0.05, 0) is 75.3 Å². The monoisotopic (exact) mass is 956 g/mol. The number of hydrogen-bond acceptors (Lipinski definition) is 4. The summed E-state index contributed by atoms with van der Waals surface area (Å²) in [5.74, 6) is 6.13. The van der Waals surface area contributed by atoms with E-state index in [-0.39, 0.29) is 11.3 Å². The molecular weight excluding hydrogens is 903 g/mol. The molecule has 3 unspecified atom stereocenters. The van der Waals surface area contributed by atoms with Crippen molar-refractivity contribution in [3.05, 3.63) is 203 Å². The minimum Gasteiger partial charge on any atom is -0.455 e. The maximum atomic E-state index is 14.9. The number of hydrogen-bond donors (Lipinski definition) is 0.